The molecule has 0 saturated heterocycles. The first-order chi connectivity index (χ1) is 6.83. The number of ether oxygens (including phenoxy) is 1. The minimum Gasteiger partial charge on any atom is -0.497 e. The Morgan fingerprint density at radius 3 is 2.00 bits per heavy atom. The maximum Gasteiger partial charge on any atom is 0.206 e. The van der Waals surface area contributed by atoms with Gasteiger partial charge in [0.15, 0.2) is 9.75 Å². The molecule has 0 fully saturated rings. The molecule has 0 bridgehead atoms. The highest BCUT2D eigenvalue weighted by Crippen LogP contribution is 2.67. The largest absolute Gasteiger partial charge is 0.497 e. The van der Waals surface area contributed by atoms with E-state index in [4.69, 9.17) is 62.7 Å². The number of allylic oxidation sites excluding steroid dienone is 3. The molecule has 0 N–H and O–H groups in total. The Labute approximate surface area is 111 Å². The van der Waals surface area contributed by atoms with Crippen molar-refractivity contribution in [3.63, 3.8) is 0 Å². The number of fused-ring (bicyclic) bond motifs is 1. The van der Waals surface area contributed by atoms with Crippen LogP contribution in [0.3, 0.4) is 0 Å². The van der Waals surface area contributed by atoms with Gasteiger partial charge in [-0.1, -0.05) is 34.8 Å². The van der Waals surface area contributed by atoms with Crippen molar-refractivity contribution < 1.29 is 9.53 Å². The molecule has 0 aliphatic heterocycles. The number of carbonyl (C=O) groups excluding carboxylic acids is 1. The molecule has 2 aliphatic rings. The summed E-state index contributed by atoms with van der Waals surface area (Å²) in [6.07, 6.45) is 0. The molecule has 0 aromatic heterocycles. The van der Waals surface area contributed by atoms with Crippen molar-refractivity contribution in [3.8, 4) is 0 Å². The third kappa shape index (κ3) is 0.985. The fraction of sp³-hybridized carbons (Fsp3) is 0.375. The van der Waals surface area contributed by atoms with Crippen LogP contribution in [-0.2, 0) is 9.53 Å². The molecule has 2 nitrogen and oxygen atoms in total. The van der Waals surface area contributed by atoms with Crippen LogP contribution >= 0.6 is 58.0 Å². The first-order valence-electron chi connectivity index (χ1n) is 3.76. The molecule has 0 aromatic carbocycles. The van der Waals surface area contributed by atoms with Gasteiger partial charge in [0.25, 0.3) is 0 Å². The molecule has 0 heterocycles. The monoisotopic (exact) mass is 306 g/mol. The van der Waals surface area contributed by atoms with Crippen molar-refractivity contribution in [1.82, 2.24) is 0 Å². The molecule has 82 valence electrons. The molecule has 2 aliphatic carbocycles. The van der Waals surface area contributed by atoms with Gasteiger partial charge in [-0.25, -0.2) is 0 Å². The third-order valence-electron chi connectivity index (χ3n) is 2.50. The van der Waals surface area contributed by atoms with E-state index >= 15 is 0 Å². The molecule has 15 heavy (non-hydrogen) atoms. The van der Waals surface area contributed by atoms with Crippen LogP contribution in [0.5, 0.6) is 0 Å². The second-order valence-corrected chi connectivity index (χ2v) is 5.39. The van der Waals surface area contributed by atoms with Crippen LogP contribution in [0.2, 0.25) is 0 Å². The molecule has 0 aromatic rings. The summed E-state index contributed by atoms with van der Waals surface area (Å²) in [6.45, 7) is 0. The second kappa shape index (κ2) is 3.21. The van der Waals surface area contributed by atoms with Gasteiger partial charge in [0.05, 0.1) is 17.2 Å². The first kappa shape index (κ1) is 11.9. The Bertz CT molecular complexity index is 440. The molecule has 0 radical (unpaired) electrons. The Morgan fingerprint density at radius 2 is 1.53 bits per heavy atom. The standard InChI is InChI=1S/C8H3Cl5O2/c1-15-6-2(9)5(14)7(12)3(10)4(11)8(6,7)13/h1H3/t7-,8-/m1/s1. The van der Waals surface area contributed by atoms with Crippen LogP contribution in [0.4, 0.5) is 0 Å². The lowest BCUT2D eigenvalue weighted by Crippen LogP contribution is -2.57. The van der Waals surface area contributed by atoms with Crippen molar-refractivity contribution in [1.29, 1.82) is 0 Å². The van der Waals surface area contributed by atoms with E-state index in [-0.39, 0.29) is 20.9 Å². The summed E-state index contributed by atoms with van der Waals surface area (Å²) in [6, 6.07) is 0. The van der Waals surface area contributed by atoms with Crippen molar-refractivity contribution in [3.05, 3.63) is 20.9 Å². The molecule has 0 saturated carbocycles. The number of alkyl halides is 2. The number of rotatable bonds is 1. The van der Waals surface area contributed by atoms with E-state index in [1.807, 2.05) is 0 Å². The van der Waals surface area contributed by atoms with E-state index in [0.717, 1.165) is 0 Å². The summed E-state index contributed by atoms with van der Waals surface area (Å²) < 4.78 is 4.95. The number of Topliss-reactive ketones (excluding diaryl/α,β-unsaturated/α-hetero) is 1. The maximum atomic E-state index is 11.8. The SMILES string of the molecule is COC1=C(Cl)C(=O)[C@]2(Cl)C(Cl)=C(Cl)[C@@]12Cl. The zero-order chi connectivity index (χ0) is 11.6. The summed E-state index contributed by atoms with van der Waals surface area (Å²) in [7, 11) is 1.33. The summed E-state index contributed by atoms with van der Waals surface area (Å²) in [5.41, 5.74) is 0. The third-order valence-corrected chi connectivity index (χ3v) is 5.46. The van der Waals surface area contributed by atoms with E-state index < -0.39 is 15.5 Å². The lowest BCUT2D eigenvalue weighted by Gasteiger charge is -2.44. The van der Waals surface area contributed by atoms with E-state index in [9.17, 15) is 4.79 Å². The van der Waals surface area contributed by atoms with Gasteiger partial charge in [-0.2, -0.15) is 0 Å². The quantitative estimate of drug-likeness (QED) is 0.695. The molecular formula is C8H3Cl5O2. The van der Waals surface area contributed by atoms with E-state index in [2.05, 4.69) is 0 Å². The second-order valence-electron chi connectivity index (χ2n) is 3.12. The van der Waals surface area contributed by atoms with E-state index in [1.165, 1.54) is 7.11 Å². The lowest BCUT2D eigenvalue weighted by atomic mass is 9.80. The molecule has 0 amide bonds. The van der Waals surface area contributed by atoms with Crippen LogP contribution in [-0.4, -0.2) is 22.6 Å². The zero-order valence-electron chi connectivity index (χ0n) is 7.21. The number of hydrogen-bond acceptors (Lipinski definition) is 2. The number of ketones is 1. The molecule has 2 rings (SSSR count). The average molecular weight is 308 g/mol. The zero-order valence-corrected chi connectivity index (χ0v) is 11.0. The number of methoxy groups -OCH3 is 1. The molecule has 7 heteroatoms. The van der Waals surface area contributed by atoms with E-state index in [0.29, 0.717) is 0 Å². The van der Waals surface area contributed by atoms with Gasteiger partial charge in [-0.15, -0.1) is 23.2 Å². The van der Waals surface area contributed by atoms with Gasteiger partial charge in [0.2, 0.25) is 5.78 Å². The highest BCUT2D eigenvalue weighted by Gasteiger charge is 2.75. The predicted octanol–water partition coefficient (Wildman–Crippen LogP) is 3.32. The van der Waals surface area contributed by atoms with Gasteiger partial charge in [-0.05, 0) is 0 Å². The first-order valence-corrected chi connectivity index (χ1v) is 5.65. The summed E-state index contributed by atoms with van der Waals surface area (Å²) in [4.78, 5) is 8.68. The van der Waals surface area contributed by atoms with Gasteiger partial charge in [0.1, 0.15) is 10.8 Å². The molecule has 0 spiro atoms. The Kier molecular flexibility index (Phi) is 2.54. The summed E-state index contributed by atoms with van der Waals surface area (Å²) in [5.74, 6) is -0.549. The Balaban J connectivity index is 2.70. The maximum absolute atomic E-state index is 11.8. The van der Waals surface area contributed by atoms with Crippen LogP contribution in [0.15, 0.2) is 20.9 Å². The molecular weight excluding hydrogens is 305 g/mol. The van der Waals surface area contributed by atoms with Crippen LogP contribution in [0, 0.1) is 0 Å². The fourth-order valence-corrected chi connectivity index (χ4v) is 3.90. The average Bonchev–Trinajstić information content (AvgIpc) is 2.36. The highest BCUT2D eigenvalue weighted by atomic mass is 35.5. The number of halogens is 5. The lowest BCUT2D eigenvalue weighted by molar-refractivity contribution is -0.116. The van der Waals surface area contributed by atoms with Crippen molar-refractivity contribution >= 4 is 63.8 Å². The van der Waals surface area contributed by atoms with Crippen LogP contribution < -0.4 is 0 Å². The normalized spacial score (nSPS) is 39.5. The summed E-state index contributed by atoms with van der Waals surface area (Å²) >= 11 is 29.6. The Hall–Kier alpha value is 0.400. The minimum atomic E-state index is -1.62. The fourth-order valence-electron chi connectivity index (χ4n) is 1.69. The topological polar surface area (TPSA) is 26.3 Å². The Morgan fingerprint density at radius 1 is 1.07 bits per heavy atom. The van der Waals surface area contributed by atoms with Crippen molar-refractivity contribution in [2.75, 3.05) is 7.11 Å². The predicted molar refractivity (Wildman–Crippen MR) is 60.8 cm³/mol. The minimum absolute atomic E-state index is 0.00367. The van der Waals surface area contributed by atoms with Gasteiger partial charge in [-0.3, -0.25) is 4.79 Å². The van der Waals surface area contributed by atoms with Crippen LogP contribution in [0.25, 0.3) is 0 Å². The summed E-state index contributed by atoms with van der Waals surface area (Å²) in [5, 5.41) is -0.103. The van der Waals surface area contributed by atoms with Gasteiger partial charge in [0, 0.05) is 0 Å². The molecule has 2 atom stereocenters. The van der Waals surface area contributed by atoms with Crippen LogP contribution in [0.1, 0.15) is 0 Å². The van der Waals surface area contributed by atoms with Crippen molar-refractivity contribution in [2.45, 2.75) is 9.75 Å². The van der Waals surface area contributed by atoms with Crippen molar-refractivity contribution in [2.24, 2.45) is 0 Å². The highest BCUT2D eigenvalue weighted by molar-refractivity contribution is 6.67. The number of carbonyl (C=O) groups is 1. The smallest absolute Gasteiger partial charge is 0.206 e. The van der Waals surface area contributed by atoms with Gasteiger partial charge < -0.3 is 4.74 Å². The molecule has 0 unspecified atom stereocenters. The van der Waals surface area contributed by atoms with E-state index in [1.54, 1.807) is 0 Å². The number of hydrogen-bond donors (Lipinski definition) is 0. The van der Waals surface area contributed by atoms with Gasteiger partial charge >= 0.3 is 0 Å².